The molecule has 0 amide bonds. The van der Waals surface area contributed by atoms with Crippen molar-refractivity contribution in [2.75, 3.05) is 0 Å². The largest absolute Gasteiger partial charge is 0.206 e. The fraction of sp³-hybridized carbons (Fsp3) is 0.0370. The van der Waals surface area contributed by atoms with E-state index in [0.717, 1.165) is 12.1 Å². The first kappa shape index (κ1) is 21.8. The average molecular weight is 442 g/mol. The minimum Gasteiger partial charge on any atom is -0.206 e. The van der Waals surface area contributed by atoms with Gasteiger partial charge in [0.15, 0.2) is 0 Å². The monoisotopic (exact) mass is 442 g/mol. The number of nitrogens with zero attached hydrogens (tertiary/aromatic N) is 2. The molecule has 0 N–H and O–H groups in total. The molecule has 0 saturated carbocycles. The highest BCUT2D eigenvalue weighted by Crippen LogP contribution is 2.28. The van der Waals surface area contributed by atoms with E-state index in [-0.39, 0.29) is 28.7 Å². The Morgan fingerprint density at radius 2 is 0.939 bits per heavy atom. The predicted octanol–water partition coefficient (Wildman–Crippen LogP) is 6.91. The first-order chi connectivity index (χ1) is 15.9. The lowest BCUT2D eigenvalue weighted by Crippen LogP contribution is -1.95. The van der Waals surface area contributed by atoms with Gasteiger partial charge < -0.3 is 0 Å². The van der Waals surface area contributed by atoms with Crippen LogP contribution in [-0.2, 0) is 6.42 Å². The van der Waals surface area contributed by atoms with Gasteiger partial charge in [-0.25, -0.2) is 17.6 Å². The van der Waals surface area contributed by atoms with Gasteiger partial charge in [-0.3, -0.25) is 0 Å². The van der Waals surface area contributed by atoms with Gasteiger partial charge in [0.05, 0.1) is 11.1 Å². The number of nitriles is 2. The summed E-state index contributed by atoms with van der Waals surface area (Å²) in [5.74, 6) is -2.59. The highest BCUT2D eigenvalue weighted by molar-refractivity contribution is 5.67. The van der Waals surface area contributed by atoms with Crippen molar-refractivity contribution in [2.45, 2.75) is 6.42 Å². The topological polar surface area (TPSA) is 47.6 Å². The van der Waals surface area contributed by atoms with Gasteiger partial charge >= 0.3 is 0 Å². The van der Waals surface area contributed by atoms with Crippen LogP contribution in [0.5, 0.6) is 0 Å². The molecule has 0 aromatic heterocycles. The van der Waals surface area contributed by atoms with Crippen LogP contribution < -0.4 is 0 Å². The Morgan fingerprint density at radius 1 is 0.515 bits per heavy atom. The molecule has 4 aromatic carbocycles. The van der Waals surface area contributed by atoms with Crippen LogP contribution in [0.1, 0.15) is 22.3 Å². The van der Waals surface area contributed by atoms with Gasteiger partial charge in [-0.2, -0.15) is 10.5 Å². The minimum atomic E-state index is -0.726. The summed E-state index contributed by atoms with van der Waals surface area (Å²) in [5.41, 5.74) is 1.91. The second kappa shape index (κ2) is 8.98. The zero-order valence-corrected chi connectivity index (χ0v) is 17.0. The first-order valence-electron chi connectivity index (χ1n) is 9.86. The molecule has 0 aliphatic carbocycles. The van der Waals surface area contributed by atoms with Gasteiger partial charge in [-0.15, -0.1) is 0 Å². The molecule has 0 aliphatic heterocycles. The van der Waals surface area contributed by atoms with Crippen LogP contribution in [-0.4, -0.2) is 0 Å². The van der Waals surface area contributed by atoms with Crippen LogP contribution in [0.4, 0.5) is 17.6 Å². The average Bonchev–Trinajstić information content (AvgIpc) is 2.79. The Hall–Kier alpha value is -4.42. The van der Waals surface area contributed by atoms with Crippen molar-refractivity contribution in [1.29, 1.82) is 10.5 Å². The molecule has 4 aromatic rings. The van der Waals surface area contributed by atoms with Crippen LogP contribution >= 0.6 is 0 Å². The number of rotatable bonds is 4. The van der Waals surface area contributed by atoms with Crippen LogP contribution in [0.2, 0.25) is 0 Å². The van der Waals surface area contributed by atoms with Gasteiger partial charge in [0.2, 0.25) is 0 Å². The Balaban J connectivity index is 1.57. The van der Waals surface area contributed by atoms with E-state index in [1.165, 1.54) is 48.5 Å². The van der Waals surface area contributed by atoms with Crippen molar-refractivity contribution in [1.82, 2.24) is 0 Å². The molecule has 160 valence electrons. The zero-order chi connectivity index (χ0) is 23.5. The Bertz CT molecular complexity index is 1350. The maximum Gasteiger partial charge on any atom is 0.141 e. The first-order valence-corrected chi connectivity index (χ1v) is 9.86. The third-order valence-electron chi connectivity index (χ3n) is 5.28. The van der Waals surface area contributed by atoms with E-state index in [9.17, 15) is 17.6 Å². The van der Waals surface area contributed by atoms with Crippen LogP contribution in [0.25, 0.3) is 22.3 Å². The van der Waals surface area contributed by atoms with Crippen molar-refractivity contribution in [3.05, 3.63) is 118 Å². The molecule has 6 heteroatoms. The third-order valence-corrected chi connectivity index (χ3v) is 5.28. The smallest absolute Gasteiger partial charge is 0.141 e. The molecule has 0 fully saturated rings. The minimum absolute atomic E-state index is 0.120. The number of hydrogen-bond donors (Lipinski definition) is 0. The summed E-state index contributed by atoms with van der Waals surface area (Å²) in [5, 5.41) is 17.7. The SMILES string of the molecule is N#Cc1ccc(-c2ccc(Cc3ccc(-c4ccc(C#N)c(F)c4)c(F)c3)cc2F)cc1F. The van der Waals surface area contributed by atoms with E-state index >= 15 is 0 Å². The highest BCUT2D eigenvalue weighted by Gasteiger charge is 2.12. The van der Waals surface area contributed by atoms with Crippen molar-refractivity contribution in [2.24, 2.45) is 0 Å². The lowest BCUT2D eigenvalue weighted by molar-refractivity contribution is 0.621. The van der Waals surface area contributed by atoms with E-state index < -0.39 is 23.3 Å². The summed E-state index contributed by atoms with van der Waals surface area (Å²) < 4.78 is 57.1. The van der Waals surface area contributed by atoms with Crippen molar-refractivity contribution in [3.63, 3.8) is 0 Å². The van der Waals surface area contributed by atoms with Gasteiger partial charge in [0.25, 0.3) is 0 Å². The second-order valence-electron chi connectivity index (χ2n) is 7.42. The van der Waals surface area contributed by atoms with E-state index in [1.807, 2.05) is 0 Å². The lowest BCUT2D eigenvalue weighted by atomic mass is 9.97. The molecule has 4 rings (SSSR count). The summed E-state index contributed by atoms with van der Waals surface area (Å²) in [7, 11) is 0. The number of hydrogen-bond acceptors (Lipinski definition) is 2. The summed E-state index contributed by atoms with van der Waals surface area (Å²) in [4.78, 5) is 0. The van der Waals surface area contributed by atoms with E-state index in [2.05, 4.69) is 0 Å². The van der Waals surface area contributed by atoms with E-state index in [4.69, 9.17) is 10.5 Å². The van der Waals surface area contributed by atoms with Crippen LogP contribution in [0.3, 0.4) is 0 Å². The third kappa shape index (κ3) is 4.46. The summed E-state index contributed by atoms with van der Waals surface area (Å²) in [6.45, 7) is 0. The van der Waals surface area contributed by atoms with Gasteiger partial charge in [-0.05, 0) is 65.1 Å². The fourth-order valence-corrected chi connectivity index (χ4v) is 3.59. The summed E-state index contributed by atoms with van der Waals surface area (Å²) in [6.07, 6.45) is 0.248. The normalized spacial score (nSPS) is 10.5. The van der Waals surface area contributed by atoms with Crippen molar-refractivity contribution in [3.8, 4) is 34.4 Å². The molecular formula is C27H14F4N2. The highest BCUT2D eigenvalue weighted by atomic mass is 19.1. The molecular weight excluding hydrogens is 428 g/mol. The molecule has 0 heterocycles. The lowest BCUT2D eigenvalue weighted by Gasteiger charge is -2.10. The molecule has 33 heavy (non-hydrogen) atoms. The molecule has 0 atom stereocenters. The van der Waals surface area contributed by atoms with Crippen LogP contribution in [0.15, 0.2) is 72.8 Å². The molecule has 0 unspecified atom stereocenters. The second-order valence-corrected chi connectivity index (χ2v) is 7.42. The maximum absolute atomic E-state index is 14.7. The Kier molecular flexibility index (Phi) is 5.93. The molecule has 0 saturated heterocycles. The summed E-state index contributed by atoms with van der Waals surface area (Å²) >= 11 is 0. The predicted molar refractivity (Wildman–Crippen MR) is 116 cm³/mol. The van der Waals surface area contributed by atoms with E-state index in [0.29, 0.717) is 22.3 Å². The number of benzene rings is 4. The zero-order valence-electron chi connectivity index (χ0n) is 17.0. The molecule has 0 aliphatic rings. The van der Waals surface area contributed by atoms with Crippen LogP contribution in [0, 0.1) is 45.9 Å². The fourth-order valence-electron chi connectivity index (χ4n) is 3.59. The molecule has 0 spiro atoms. The van der Waals surface area contributed by atoms with Gasteiger partial charge in [-0.1, -0.05) is 36.4 Å². The molecule has 0 radical (unpaired) electrons. The molecule has 0 bridgehead atoms. The number of halogens is 4. The standard InChI is InChI=1S/C27H14F4N2/c28-24-12-18(3-5-20(24)14-32)22-7-1-16(10-26(22)30)9-17-2-8-23(27(31)11-17)19-4-6-21(15-33)25(29)13-19/h1-8,10-13H,9H2. The van der Waals surface area contributed by atoms with Crippen molar-refractivity contribution < 1.29 is 17.6 Å². The maximum atomic E-state index is 14.7. The quantitative estimate of drug-likeness (QED) is 0.322. The molecule has 2 nitrogen and oxygen atoms in total. The Morgan fingerprint density at radius 3 is 1.27 bits per heavy atom. The van der Waals surface area contributed by atoms with Crippen molar-refractivity contribution >= 4 is 0 Å². The van der Waals surface area contributed by atoms with Gasteiger partial charge in [0.1, 0.15) is 35.4 Å². The summed E-state index contributed by atoms with van der Waals surface area (Å²) in [6, 6.07) is 20.1. The van der Waals surface area contributed by atoms with Gasteiger partial charge in [0, 0.05) is 11.1 Å². The Labute approximate surface area is 187 Å². The van der Waals surface area contributed by atoms with E-state index in [1.54, 1.807) is 24.3 Å².